The fraction of sp³-hybridized carbons (Fsp3) is 0.455. The lowest BCUT2D eigenvalue weighted by molar-refractivity contribution is 0.628. The zero-order valence-corrected chi connectivity index (χ0v) is 10.8. The van der Waals surface area contributed by atoms with Gasteiger partial charge in [-0.25, -0.2) is 0 Å². The summed E-state index contributed by atoms with van der Waals surface area (Å²) < 4.78 is 1.24. The van der Waals surface area contributed by atoms with Crippen molar-refractivity contribution in [1.82, 2.24) is 5.32 Å². The summed E-state index contributed by atoms with van der Waals surface area (Å²) in [5.41, 5.74) is 1.49. The van der Waals surface area contributed by atoms with Gasteiger partial charge in [-0.3, -0.25) is 0 Å². The van der Waals surface area contributed by atoms with Crippen molar-refractivity contribution in [1.29, 1.82) is 0 Å². The molecule has 0 spiro atoms. The maximum atomic E-state index is 3.61. The molecule has 1 aromatic carbocycles. The highest BCUT2D eigenvalue weighted by atomic mass is 79.9. The number of fused-ring (bicyclic) bond motifs is 1. The Hall–Kier alpha value is 0.01000. The van der Waals surface area contributed by atoms with Crippen LogP contribution in [0.2, 0.25) is 0 Å². The average molecular weight is 272 g/mol. The lowest BCUT2D eigenvalue weighted by Gasteiger charge is -2.14. The molecule has 14 heavy (non-hydrogen) atoms. The summed E-state index contributed by atoms with van der Waals surface area (Å²) >= 11 is 5.59. The van der Waals surface area contributed by atoms with Crippen molar-refractivity contribution in [3.63, 3.8) is 0 Å². The number of hydrogen-bond acceptors (Lipinski definition) is 2. The Labute approximate surface area is 97.8 Å². The van der Waals surface area contributed by atoms with Crippen LogP contribution in [0, 0.1) is 0 Å². The second kappa shape index (κ2) is 4.25. The summed E-state index contributed by atoms with van der Waals surface area (Å²) in [6, 6.07) is 6.50. The summed E-state index contributed by atoms with van der Waals surface area (Å²) in [6.45, 7) is 3.37. The number of rotatable bonds is 2. The summed E-state index contributed by atoms with van der Waals surface area (Å²) in [5.74, 6) is 0.650. The molecule has 1 nitrogen and oxygen atoms in total. The molecule has 1 aliphatic heterocycles. The highest BCUT2D eigenvalue weighted by Crippen LogP contribution is 2.47. The third kappa shape index (κ3) is 1.73. The van der Waals surface area contributed by atoms with E-state index in [1.54, 1.807) is 0 Å². The van der Waals surface area contributed by atoms with Gasteiger partial charge >= 0.3 is 0 Å². The predicted molar refractivity (Wildman–Crippen MR) is 66.1 cm³/mol. The van der Waals surface area contributed by atoms with Crippen LogP contribution in [0.25, 0.3) is 0 Å². The van der Waals surface area contributed by atoms with E-state index >= 15 is 0 Å². The van der Waals surface area contributed by atoms with Crippen LogP contribution < -0.4 is 5.32 Å². The fourth-order valence-corrected chi connectivity index (χ4v) is 3.94. The normalized spacial score (nSPS) is 25.1. The first-order chi connectivity index (χ1) is 6.74. The van der Waals surface area contributed by atoms with Crippen LogP contribution in [-0.4, -0.2) is 18.8 Å². The van der Waals surface area contributed by atoms with E-state index in [9.17, 15) is 0 Å². The SMILES string of the molecule is CNCC1c2cccc(Br)c2SC1C. The minimum absolute atomic E-state index is 0.650. The molecule has 3 heteroatoms. The van der Waals surface area contributed by atoms with Crippen LogP contribution in [0.15, 0.2) is 27.6 Å². The molecule has 0 saturated carbocycles. The molecule has 1 aromatic rings. The summed E-state index contributed by atoms with van der Waals surface area (Å²) in [6.07, 6.45) is 0. The Bertz CT molecular complexity index is 340. The van der Waals surface area contributed by atoms with Gasteiger partial charge in [0.05, 0.1) is 0 Å². The molecule has 0 amide bonds. The molecule has 1 aliphatic rings. The molecule has 0 aliphatic carbocycles. The number of benzene rings is 1. The molecule has 76 valence electrons. The molecule has 1 N–H and O–H groups in total. The Morgan fingerprint density at radius 2 is 2.29 bits per heavy atom. The highest BCUT2D eigenvalue weighted by Gasteiger charge is 2.30. The predicted octanol–water partition coefficient (Wildman–Crippen LogP) is 3.25. The van der Waals surface area contributed by atoms with E-state index in [1.807, 2.05) is 18.8 Å². The molecular formula is C11H14BrNS. The van der Waals surface area contributed by atoms with Gasteiger partial charge in [0.2, 0.25) is 0 Å². The first kappa shape index (κ1) is 10.5. The lowest BCUT2D eigenvalue weighted by atomic mass is 9.97. The number of likely N-dealkylation sites (N-methyl/N-ethyl adjacent to an activating group) is 1. The number of thioether (sulfide) groups is 1. The molecule has 2 rings (SSSR count). The van der Waals surface area contributed by atoms with Crippen molar-refractivity contribution in [2.45, 2.75) is 23.0 Å². The Balaban J connectivity index is 2.37. The maximum Gasteiger partial charge on any atom is 0.0314 e. The van der Waals surface area contributed by atoms with Crippen LogP contribution in [0.3, 0.4) is 0 Å². The van der Waals surface area contributed by atoms with E-state index in [2.05, 4.69) is 46.4 Å². The van der Waals surface area contributed by atoms with Crippen LogP contribution >= 0.6 is 27.7 Å². The van der Waals surface area contributed by atoms with E-state index in [-0.39, 0.29) is 0 Å². The quantitative estimate of drug-likeness (QED) is 0.887. The monoisotopic (exact) mass is 271 g/mol. The Morgan fingerprint density at radius 3 is 3.00 bits per heavy atom. The van der Waals surface area contributed by atoms with E-state index < -0.39 is 0 Å². The number of hydrogen-bond donors (Lipinski definition) is 1. The van der Waals surface area contributed by atoms with Gasteiger partial charge in [0, 0.05) is 27.1 Å². The maximum absolute atomic E-state index is 3.61. The Kier molecular flexibility index (Phi) is 3.20. The fourth-order valence-electron chi connectivity index (χ4n) is 1.96. The molecule has 2 atom stereocenters. The molecule has 0 aromatic heterocycles. The second-order valence-corrected chi connectivity index (χ2v) is 5.89. The van der Waals surface area contributed by atoms with Gasteiger partial charge in [-0.05, 0) is 34.6 Å². The van der Waals surface area contributed by atoms with E-state index in [1.165, 1.54) is 14.9 Å². The van der Waals surface area contributed by atoms with Gasteiger partial charge in [0.15, 0.2) is 0 Å². The van der Waals surface area contributed by atoms with Crippen molar-refractivity contribution in [2.24, 2.45) is 0 Å². The van der Waals surface area contributed by atoms with Crippen LogP contribution in [0.5, 0.6) is 0 Å². The zero-order valence-electron chi connectivity index (χ0n) is 8.38. The van der Waals surface area contributed by atoms with Crippen molar-refractivity contribution < 1.29 is 0 Å². The van der Waals surface area contributed by atoms with E-state index in [4.69, 9.17) is 0 Å². The van der Waals surface area contributed by atoms with Crippen LogP contribution in [0.1, 0.15) is 18.4 Å². The topological polar surface area (TPSA) is 12.0 Å². The molecule has 0 radical (unpaired) electrons. The standard InChI is InChI=1S/C11H14BrNS/c1-7-9(6-13-2)8-4-3-5-10(12)11(8)14-7/h3-5,7,9,13H,6H2,1-2H3. The van der Waals surface area contributed by atoms with Gasteiger partial charge in [-0.1, -0.05) is 19.1 Å². The van der Waals surface area contributed by atoms with E-state index in [0.717, 1.165) is 6.54 Å². The van der Waals surface area contributed by atoms with Crippen molar-refractivity contribution in [3.8, 4) is 0 Å². The van der Waals surface area contributed by atoms with Gasteiger partial charge in [0.25, 0.3) is 0 Å². The minimum atomic E-state index is 0.650. The summed E-state index contributed by atoms with van der Waals surface area (Å²) in [4.78, 5) is 1.43. The molecule has 0 fully saturated rings. The van der Waals surface area contributed by atoms with Crippen molar-refractivity contribution in [3.05, 3.63) is 28.2 Å². The van der Waals surface area contributed by atoms with Crippen molar-refractivity contribution >= 4 is 27.7 Å². The van der Waals surface area contributed by atoms with E-state index in [0.29, 0.717) is 11.2 Å². The lowest BCUT2D eigenvalue weighted by Crippen LogP contribution is -2.21. The largest absolute Gasteiger partial charge is 0.319 e. The second-order valence-electron chi connectivity index (χ2n) is 3.65. The Morgan fingerprint density at radius 1 is 1.50 bits per heavy atom. The molecule has 2 unspecified atom stereocenters. The van der Waals surface area contributed by atoms with Crippen LogP contribution in [0.4, 0.5) is 0 Å². The summed E-state index contributed by atoms with van der Waals surface area (Å²) in [5, 5.41) is 3.95. The highest BCUT2D eigenvalue weighted by molar-refractivity contribution is 9.10. The van der Waals surface area contributed by atoms with Gasteiger partial charge < -0.3 is 5.32 Å². The smallest absolute Gasteiger partial charge is 0.0314 e. The first-order valence-corrected chi connectivity index (χ1v) is 6.51. The summed E-state index contributed by atoms with van der Waals surface area (Å²) in [7, 11) is 2.02. The van der Waals surface area contributed by atoms with Gasteiger partial charge in [0.1, 0.15) is 0 Å². The average Bonchev–Trinajstić information content (AvgIpc) is 2.47. The van der Waals surface area contributed by atoms with Crippen molar-refractivity contribution in [2.75, 3.05) is 13.6 Å². The molecule has 1 heterocycles. The van der Waals surface area contributed by atoms with Gasteiger partial charge in [-0.15, -0.1) is 11.8 Å². The molecule has 0 bridgehead atoms. The van der Waals surface area contributed by atoms with Gasteiger partial charge in [-0.2, -0.15) is 0 Å². The first-order valence-electron chi connectivity index (χ1n) is 4.83. The zero-order chi connectivity index (χ0) is 10.1. The minimum Gasteiger partial charge on any atom is -0.319 e. The third-order valence-corrected chi connectivity index (χ3v) is 5.01. The third-order valence-electron chi connectivity index (χ3n) is 2.69. The molecular weight excluding hydrogens is 258 g/mol. The van der Waals surface area contributed by atoms with Crippen LogP contribution in [-0.2, 0) is 0 Å². The number of halogens is 1. The molecule has 0 saturated heterocycles. The number of nitrogens with one attached hydrogen (secondary N) is 1.